The summed E-state index contributed by atoms with van der Waals surface area (Å²) in [5.41, 5.74) is 1.37. The highest BCUT2D eigenvalue weighted by Gasteiger charge is 2.31. The lowest BCUT2D eigenvalue weighted by Crippen LogP contribution is -2.36. The van der Waals surface area contributed by atoms with Crippen molar-refractivity contribution in [3.8, 4) is 0 Å². The Hall–Kier alpha value is -2.70. The summed E-state index contributed by atoms with van der Waals surface area (Å²) < 4.78 is 6.96. The Morgan fingerprint density at radius 1 is 1.29 bits per heavy atom. The van der Waals surface area contributed by atoms with Gasteiger partial charge in [0.2, 0.25) is 5.89 Å². The standard InChI is InChI=1S/C17H19N5O2/c1-12-19-16(20-24-12)13-6-3-2-4-10-22(13)17(23)14-7-5-8-15-18-9-11-21(14)15/h5,7-9,11,13H,2-4,6,10H2,1H3/t13-/m0/s1. The van der Waals surface area contributed by atoms with Crippen LogP contribution in [0.5, 0.6) is 0 Å². The highest BCUT2D eigenvalue weighted by molar-refractivity contribution is 5.93. The number of likely N-dealkylation sites (tertiary alicyclic amines) is 1. The third kappa shape index (κ3) is 2.55. The maximum absolute atomic E-state index is 13.2. The quantitative estimate of drug-likeness (QED) is 0.724. The number of fused-ring (bicyclic) bond motifs is 1. The number of hydrogen-bond acceptors (Lipinski definition) is 5. The first-order chi connectivity index (χ1) is 11.7. The molecule has 3 aromatic rings. The summed E-state index contributed by atoms with van der Waals surface area (Å²) in [4.78, 5) is 23.7. The van der Waals surface area contributed by atoms with Crippen molar-refractivity contribution in [2.24, 2.45) is 0 Å². The van der Waals surface area contributed by atoms with Crippen LogP contribution in [-0.4, -0.2) is 36.9 Å². The number of carbonyl (C=O) groups excluding carboxylic acids is 1. The minimum Gasteiger partial charge on any atom is -0.340 e. The number of rotatable bonds is 2. The Morgan fingerprint density at radius 3 is 3.04 bits per heavy atom. The van der Waals surface area contributed by atoms with E-state index in [1.54, 1.807) is 13.1 Å². The van der Waals surface area contributed by atoms with E-state index in [1.807, 2.05) is 33.7 Å². The van der Waals surface area contributed by atoms with Crippen molar-refractivity contribution in [1.82, 2.24) is 24.4 Å². The number of hydrogen-bond donors (Lipinski definition) is 0. The van der Waals surface area contributed by atoms with Gasteiger partial charge in [-0.25, -0.2) is 4.98 Å². The van der Waals surface area contributed by atoms with Gasteiger partial charge in [0.15, 0.2) is 5.82 Å². The fourth-order valence-corrected chi connectivity index (χ4v) is 3.34. The first-order valence-corrected chi connectivity index (χ1v) is 8.27. The molecule has 1 fully saturated rings. The average Bonchev–Trinajstić information content (AvgIpc) is 3.17. The normalized spacial score (nSPS) is 18.7. The van der Waals surface area contributed by atoms with E-state index in [9.17, 15) is 4.79 Å². The second-order valence-electron chi connectivity index (χ2n) is 6.10. The van der Waals surface area contributed by atoms with E-state index in [0.29, 0.717) is 24.0 Å². The summed E-state index contributed by atoms with van der Waals surface area (Å²) >= 11 is 0. The molecule has 1 amide bonds. The molecule has 0 N–H and O–H groups in total. The van der Waals surface area contributed by atoms with Crippen molar-refractivity contribution in [1.29, 1.82) is 0 Å². The molecule has 4 rings (SSSR count). The van der Waals surface area contributed by atoms with E-state index < -0.39 is 0 Å². The first-order valence-electron chi connectivity index (χ1n) is 8.27. The van der Waals surface area contributed by atoms with E-state index in [2.05, 4.69) is 15.1 Å². The molecule has 0 aliphatic carbocycles. The number of aryl methyl sites for hydroxylation is 1. The summed E-state index contributed by atoms with van der Waals surface area (Å²) in [7, 11) is 0. The number of pyridine rings is 1. The fraction of sp³-hybridized carbons (Fsp3) is 0.412. The largest absolute Gasteiger partial charge is 0.340 e. The van der Waals surface area contributed by atoms with Crippen molar-refractivity contribution in [3.63, 3.8) is 0 Å². The van der Waals surface area contributed by atoms with Gasteiger partial charge in [-0.2, -0.15) is 4.98 Å². The predicted molar refractivity (Wildman–Crippen MR) is 86.5 cm³/mol. The van der Waals surface area contributed by atoms with Gasteiger partial charge in [0, 0.05) is 25.9 Å². The zero-order chi connectivity index (χ0) is 16.5. The van der Waals surface area contributed by atoms with Gasteiger partial charge in [-0.05, 0) is 25.0 Å². The van der Waals surface area contributed by atoms with Gasteiger partial charge < -0.3 is 9.42 Å². The highest BCUT2D eigenvalue weighted by Crippen LogP contribution is 2.30. The third-order valence-electron chi connectivity index (χ3n) is 4.50. The Bertz CT molecular complexity index is 869. The Labute approximate surface area is 139 Å². The van der Waals surface area contributed by atoms with Crippen LogP contribution in [0.2, 0.25) is 0 Å². The van der Waals surface area contributed by atoms with E-state index in [1.165, 1.54) is 0 Å². The molecule has 0 spiro atoms. The molecule has 24 heavy (non-hydrogen) atoms. The molecule has 124 valence electrons. The molecule has 4 heterocycles. The lowest BCUT2D eigenvalue weighted by molar-refractivity contribution is 0.0662. The van der Waals surface area contributed by atoms with E-state index >= 15 is 0 Å². The number of imidazole rings is 1. The average molecular weight is 325 g/mol. The molecule has 1 aliphatic heterocycles. The molecule has 7 nitrogen and oxygen atoms in total. The molecule has 0 aromatic carbocycles. The topological polar surface area (TPSA) is 76.5 Å². The van der Waals surface area contributed by atoms with Crippen LogP contribution in [0.1, 0.15) is 53.9 Å². The summed E-state index contributed by atoms with van der Waals surface area (Å²) in [5.74, 6) is 1.10. The summed E-state index contributed by atoms with van der Waals surface area (Å²) in [6.45, 7) is 2.47. The molecule has 7 heteroatoms. The van der Waals surface area contributed by atoms with Crippen molar-refractivity contribution in [2.75, 3.05) is 6.54 Å². The van der Waals surface area contributed by atoms with Gasteiger partial charge in [-0.15, -0.1) is 0 Å². The van der Waals surface area contributed by atoms with Crippen molar-refractivity contribution >= 4 is 11.6 Å². The van der Waals surface area contributed by atoms with E-state index in [0.717, 1.165) is 31.3 Å². The molecule has 1 atom stereocenters. The molecule has 0 saturated carbocycles. The number of aromatic nitrogens is 4. The van der Waals surface area contributed by atoms with Crippen LogP contribution in [-0.2, 0) is 0 Å². The second kappa shape index (κ2) is 6.07. The van der Waals surface area contributed by atoms with Crippen LogP contribution in [0, 0.1) is 6.92 Å². The van der Waals surface area contributed by atoms with Crippen molar-refractivity contribution in [3.05, 3.63) is 48.0 Å². The van der Waals surface area contributed by atoms with Crippen LogP contribution in [0.4, 0.5) is 0 Å². The Morgan fingerprint density at radius 2 is 2.21 bits per heavy atom. The Kier molecular flexibility index (Phi) is 3.76. The van der Waals surface area contributed by atoms with Gasteiger partial charge in [-0.3, -0.25) is 9.20 Å². The summed E-state index contributed by atoms with van der Waals surface area (Å²) in [6.07, 6.45) is 7.51. The monoisotopic (exact) mass is 325 g/mol. The van der Waals surface area contributed by atoms with Gasteiger partial charge in [0.05, 0.1) is 6.04 Å². The van der Waals surface area contributed by atoms with Crippen LogP contribution >= 0.6 is 0 Å². The molecule has 1 saturated heterocycles. The molecule has 0 radical (unpaired) electrons. The predicted octanol–water partition coefficient (Wildman–Crippen LogP) is 2.78. The molecule has 0 bridgehead atoms. The summed E-state index contributed by atoms with van der Waals surface area (Å²) in [5, 5.41) is 4.06. The zero-order valence-electron chi connectivity index (χ0n) is 13.6. The molecular weight excluding hydrogens is 306 g/mol. The lowest BCUT2D eigenvalue weighted by Gasteiger charge is -2.28. The lowest BCUT2D eigenvalue weighted by atomic mass is 10.1. The minimum absolute atomic E-state index is 0.0204. The van der Waals surface area contributed by atoms with E-state index in [-0.39, 0.29) is 11.9 Å². The number of carbonyl (C=O) groups is 1. The van der Waals surface area contributed by atoms with Crippen LogP contribution in [0.25, 0.3) is 5.65 Å². The SMILES string of the molecule is Cc1nc([C@@H]2CCCCCN2C(=O)c2cccc3nccn23)no1. The van der Waals surface area contributed by atoms with Crippen molar-refractivity contribution < 1.29 is 9.32 Å². The van der Waals surface area contributed by atoms with Crippen LogP contribution < -0.4 is 0 Å². The molecule has 1 aliphatic rings. The smallest absolute Gasteiger partial charge is 0.271 e. The summed E-state index contributed by atoms with van der Waals surface area (Å²) in [6, 6.07) is 5.44. The first kappa shape index (κ1) is 14.9. The van der Waals surface area contributed by atoms with Crippen LogP contribution in [0.15, 0.2) is 35.1 Å². The van der Waals surface area contributed by atoms with Gasteiger partial charge in [0.25, 0.3) is 5.91 Å². The molecule has 0 unspecified atom stereocenters. The highest BCUT2D eigenvalue weighted by atomic mass is 16.5. The molecule has 3 aromatic heterocycles. The van der Waals surface area contributed by atoms with E-state index in [4.69, 9.17) is 4.52 Å². The maximum atomic E-state index is 13.2. The molecular formula is C17H19N5O2. The Balaban J connectivity index is 1.73. The number of amides is 1. The maximum Gasteiger partial charge on any atom is 0.271 e. The minimum atomic E-state index is -0.142. The van der Waals surface area contributed by atoms with Gasteiger partial charge >= 0.3 is 0 Å². The van der Waals surface area contributed by atoms with Gasteiger partial charge in [0.1, 0.15) is 11.3 Å². The third-order valence-corrected chi connectivity index (χ3v) is 4.50. The second-order valence-corrected chi connectivity index (χ2v) is 6.10. The fourth-order valence-electron chi connectivity index (χ4n) is 3.34. The van der Waals surface area contributed by atoms with Gasteiger partial charge in [-0.1, -0.05) is 24.1 Å². The van der Waals surface area contributed by atoms with Crippen molar-refractivity contribution in [2.45, 2.75) is 38.6 Å². The number of nitrogens with zero attached hydrogens (tertiary/aromatic N) is 5. The zero-order valence-corrected chi connectivity index (χ0v) is 13.6. The van der Waals surface area contributed by atoms with Crippen LogP contribution in [0.3, 0.4) is 0 Å².